The van der Waals surface area contributed by atoms with Crippen molar-refractivity contribution in [1.29, 1.82) is 0 Å². The van der Waals surface area contributed by atoms with E-state index in [0.717, 1.165) is 7.28 Å². The lowest BCUT2D eigenvalue weighted by molar-refractivity contribution is -0.110. The largest absolute Gasteiger partial charge is 0.386 e. The lowest BCUT2D eigenvalue weighted by atomic mass is 9.56. The SMILES string of the molecule is CN[B]N[B]C(=O)[B]C(C)=O. The van der Waals surface area contributed by atoms with E-state index in [2.05, 4.69) is 10.4 Å². The van der Waals surface area contributed by atoms with E-state index >= 15 is 0 Å². The molecule has 55 valence electrons. The van der Waals surface area contributed by atoms with Gasteiger partial charge in [-0.15, -0.1) is 0 Å². The van der Waals surface area contributed by atoms with Crippen LogP contribution in [0.15, 0.2) is 0 Å². The Balaban J connectivity index is 3.30. The van der Waals surface area contributed by atoms with Crippen LogP contribution in [0.2, 0.25) is 0 Å². The molecule has 0 aliphatic heterocycles. The molecule has 0 saturated carbocycles. The number of rotatable bonds is 6. The van der Waals surface area contributed by atoms with Crippen molar-refractivity contribution in [2.45, 2.75) is 6.92 Å². The highest BCUT2D eigenvalue weighted by atomic mass is 16.1. The van der Waals surface area contributed by atoms with Crippen LogP contribution in [0.25, 0.3) is 0 Å². The zero-order valence-corrected chi connectivity index (χ0v) is 6.55. The molecular weight excluding hydrogens is 140 g/mol. The molecule has 0 aliphatic rings. The summed E-state index contributed by atoms with van der Waals surface area (Å²) >= 11 is 0. The smallest absolute Gasteiger partial charge is 0.294 e. The summed E-state index contributed by atoms with van der Waals surface area (Å²) in [5.41, 5.74) is -0.596. The van der Waals surface area contributed by atoms with Crippen LogP contribution in [0.3, 0.4) is 0 Å². The van der Waals surface area contributed by atoms with E-state index < -0.39 is 0 Å². The average Bonchev–Trinajstić information content (AvgIpc) is 1.86. The second kappa shape index (κ2) is 6.18. The topological polar surface area (TPSA) is 58.2 Å². The Morgan fingerprint density at radius 2 is 2.00 bits per heavy atom. The van der Waals surface area contributed by atoms with E-state index in [-0.39, 0.29) is 11.3 Å². The fourth-order valence-electron chi connectivity index (χ4n) is 0.449. The van der Waals surface area contributed by atoms with Gasteiger partial charge in [0.1, 0.15) is 0 Å². The van der Waals surface area contributed by atoms with E-state index in [0.29, 0.717) is 0 Å². The molecule has 4 nitrogen and oxygen atoms in total. The van der Waals surface area contributed by atoms with Crippen LogP contribution in [0.4, 0.5) is 4.79 Å². The van der Waals surface area contributed by atoms with Gasteiger partial charge in [0, 0.05) is 0 Å². The average molecular weight is 149 g/mol. The van der Waals surface area contributed by atoms with Gasteiger partial charge >= 0.3 is 0 Å². The van der Waals surface area contributed by atoms with E-state index in [1.807, 2.05) is 0 Å². The number of hydrogen-bond acceptors (Lipinski definition) is 4. The predicted octanol–water partition coefficient (Wildman–Crippen LogP) is -1.68. The Hall–Kier alpha value is -0.545. The molecule has 0 rings (SSSR count). The van der Waals surface area contributed by atoms with Gasteiger partial charge < -0.3 is 20.0 Å². The van der Waals surface area contributed by atoms with Crippen LogP contribution in [0.5, 0.6) is 0 Å². The molecule has 7 heteroatoms. The van der Waals surface area contributed by atoms with Crippen LogP contribution >= 0.6 is 0 Å². The minimum atomic E-state index is -0.344. The number of hydrogen-bond donors (Lipinski definition) is 2. The third-order valence-corrected chi connectivity index (χ3v) is 0.799. The molecule has 0 atom stereocenters. The summed E-state index contributed by atoms with van der Waals surface area (Å²) in [7, 11) is 5.38. The first-order valence-electron chi connectivity index (χ1n) is 3.14. The first-order chi connectivity index (χ1) is 5.16. The van der Waals surface area contributed by atoms with Crippen molar-refractivity contribution in [3.63, 3.8) is 0 Å². The Morgan fingerprint density at radius 1 is 1.36 bits per heavy atom. The fourth-order valence-corrected chi connectivity index (χ4v) is 0.449. The lowest BCUT2D eigenvalue weighted by Crippen LogP contribution is -2.39. The molecule has 0 aliphatic carbocycles. The Bertz CT molecular complexity index is 152. The minimum absolute atomic E-state index is 0.252. The van der Waals surface area contributed by atoms with Crippen molar-refractivity contribution in [2.75, 3.05) is 7.05 Å². The molecule has 0 heterocycles. The molecule has 0 bridgehead atoms. The quantitative estimate of drug-likeness (QED) is 0.349. The van der Waals surface area contributed by atoms with Crippen molar-refractivity contribution < 1.29 is 9.59 Å². The van der Waals surface area contributed by atoms with Gasteiger partial charge in [-0.1, -0.05) is 0 Å². The number of nitrogens with one attached hydrogen (secondary N) is 2. The van der Waals surface area contributed by atoms with E-state index in [9.17, 15) is 9.59 Å². The molecule has 3 radical (unpaired) electrons. The first kappa shape index (κ1) is 10.5. The molecule has 0 fully saturated rings. The first-order valence-corrected chi connectivity index (χ1v) is 3.14. The van der Waals surface area contributed by atoms with Gasteiger partial charge in [0.05, 0.1) is 11.3 Å². The van der Waals surface area contributed by atoms with Gasteiger partial charge in [-0.25, -0.2) is 0 Å². The molecule has 0 saturated heterocycles. The van der Waals surface area contributed by atoms with Crippen molar-refractivity contribution >= 4 is 33.5 Å². The summed E-state index contributed by atoms with van der Waals surface area (Å²) < 4.78 is 0. The normalized spacial score (nSPS) is 8.55. The van der Waals surface area contributed by atoms with Crippen LogP contribution in [-0.4, -0.2) is 40.6 Å². The summed E-state index contributed by atoms with van der Waals surface area (Å²) in [6, 6.07) is 0. The van der Waals surface area contributed by atoms with E-state index in [1.165, 1.54) is 21.9 Å². The van der Waals surface area contributed by atoms with Crippen LogP contribution in [0.1, 0.15) is 6.92 Å². The summed E-state index contributed by atoms with van der Waals surface area (Å²) in [4.78, 5) is 21.0. The van der Waals surface area contributed by atoms with Crippen molar-refractivity contribution in [3.05, 3.63) is 0 Å². The van der Waals surface area contributed by atoms with Crippen LogP contribution < -0.4 is 10.4 Å². The highest BCUT2D eigenvalue weighted by Gasteiger charge is 2.08. The molecule has 2 N–H and O–H groups in total. The fraction of sp³-hybridized carbons (Fsp3) is 0.500. The molecule has 0 aromatic rings. The summed E-state index contributed by atoms with van der Waals surface area (Å²) in [5.74, 6) is 0. The zero-order chi connectivity index (χ0) is 8.69. The second-order valence-corrected chi connectivity index (χ2v) is 1.90. The van der Waals surface area contributed by atoms with Gasteiger partial charge in [-0.05, 0) is 14.0 Å². The van der Waals surface area contributed by atoms with Gasteiger partial charge in [0.15, 0.2) is 0 Å². The summed E-state index contributed by atoms with van der Waals surface area (Å²) in [6.07, 6.45) is 0. The van der Waals surface area contributed by atoms with Crippen LogP contribution in [0, 0.1) is 0 Å². The maximum Gasteiger partial charge on any atom is 0.294 e. The van der Waals surface area contributed by atoms with E-state index in [4.69, 9.17) is 0 Å². The molecule has 0 unspecified atom stereocenters. The second-order valence-electron chi connectivity index (χ2n) is 1.90. The van der Waals surface area contributed by atoms with Gasteiger partial charge in [-0.3, -0.25) is 0 Å². The predicted molar refractivity (Wildman–Crippen MR) is 45.5 cm³/mol. The summed E-state index contributed by atoms with van der Waals surface area (Å²) in [5, 5.41) is 5.20. The van der Waals surface area contributed by atoms with Crippen LogP contribution in [-0.2, 0) is 4.79 Å². The zero-order valence-electron chi connectivity index (χ0n) is 6.55. The molecule has 11 heavy (non-hydrogen) atoms. The number of carbonyl (C=O) groups excluding carboxylic acids is 2. The van der Waals surface area contributed by atoms with Crippen molar-refractivity contribution in [1.82, 2.24) is 10.4 Å². The minimum Gasteiger partial charge on any atom is -0.386 e. The van der Waals surface area contributed by atoms with Crippen molar-refractivity contribution in [2.24, 2.45) is 0 Å². The maximum absolute atomic E-state index is 10.7. The lowest BCUT2D eigenvalue weighted by Gasteiger charge is -1.95. The highest BCUT2D eigenvalue weighted by molar-refractivity contribution is 7.14. The Kier molecular flexibility index (Phi) is 5.88. The summed E-state index contributed by atoms with van der Waals surface area (Å²) in [6.45, 7) is 1.33. The third kappa shape index (κ3) is 7.35. The molecule has 0 aromatic carbocycles. The third-order valence-electron chi connectivity index (χ3n) is 0.799. The monoisotopic (exact) mass is 149 g/mol. The van der Waals surface area contributed by atoms with Gasteiger partial charge in [0.2, 0.25) is 0 Å². The standard InChI is InChI=1S/C4H8B3N2O2/c1-3(10)5-4(11)6-9-7-8-2/h8-9H,1-2H3. The highest BCUT2D eigenvalue weighted by Crippen LogP contribution is 1.70. The van der Waals surface area contributed by atoms with E-state index in [1.54, 1.807) is 7.05 Å². The molecule has 0 spiro atoms. The molecule has 0 amide bonds. The molecular formula is C4H8B3N2O2. The maximum atomic E-state index is 10.7. The van der Waals surface area contributed by atoms with Gasteiger partial charge in [-0.2, -0.15) is 0 Å². The molecule has 0 aromatic heterocycles. The number of carbonyl (C=O) groups is 2. The van der Waals surface area contributed by atoms with Gasteiger partial charge in [0.25, 0.3) is 22.2 Å². The Morgan fingerprint density at radius 3 is 2.45 bits per heavy atom. The van der Waals surface area contributed by atoms with Crippen molar-refractivity contribution in [3.8, 4) is 0 Å². The Labute approximate surface area is 68.3 Å².